The number of aromatic nitrogens is 1. The van der Waals surface area contributed by atoms with Crippen LogP contribution in [-0.2, 0) is 11.8 Å². The summed E-state index contributed by atoms with van der Waals surface area (Å²) in [5, 5.41) is 3.79. The second kappa shape index (κ2) is 7.09. The van der Waals surface area contributed by atoms with E-state index < -0.39 is 5.91 Å². The highest BCUT2D eigenvalue weighted by Gasteiger charge is 2.13. The van der Waals surface area contributed by atoms with Crippen LogP contribution in [0.2, 0.25) is 0 Å². The first-order chi connectivity index (χ1) is 12.0. The molecule has 3 N–H and O–H groups in total. The Morgan fingerprint density at radius 3 is 2.56 bits per heavy atom. The molecule has 0 spiro atoms. The highest BCUT2D eigenvalue weighted by molar-refractivity contribution is 6.12. The summed E-state index contributed by atoms with van der Waals surface area (Å²) in [5.74, 6) is 0.0441. The summed E-state index contributed by atoms with van der Waals surface area (Å²) in [4.78, 5) is 23.3. The molecule has 0 radical (unpaired) electrons. The highest BCUT2D eigenvalue weighted by atomic mass is 16.5. The molecular weight excluding hydrogens is 318 g/mol. The van der Waals surface area contributed by atoms with Gasteiger partial charge in [0.15, 0.2) is 0 Å². The number of hydrogen-bond acceptors (Lipinski definition) is 3. The topological polar surface area (TPSA) is 86.3 Å². The van der Waals surface area contributed by atoms with Gasteiger partial charge in [0.25, 0.3) is 5.91 Å². The van der Waals surface area contributed by atoms with Gasteiger partial charge in [-0.05, 0) is 30.3 Å². The van der Waals surface area contributed by atoms with Crippen molar-refractivity contribution in [2.75, 3.05) is 11.9 Å². The molecule has 0 atom stereocenters. The van der Waals surface area contributed by atoms with Crippen LogP contribution in [0, 0.1) is 0 Å². The molecule has 25 heavy (non-hydrogen) atoms. The van der Waals surface area contributed by atoms with Gasteiger partial charge in [-0.15, -0.1) is 0 Å². The lowest BCUT2D eigenvalue weighted by Crippen LogP contribution is -2.14. The third-order valence-electron chi connectivity index (χ3n) is 3.87. The zero-order chi connectivity index (χ0) is 17.8. The maximum Gasteiger partial charge on any atom is 0.257 e. The first kappa shape index (κ1) is 16.6. The van der Waals surface area contributed by atoms with Gasteiger partial charge in [-0.1, -0.05) is 18.2 Å². The molecule has 3 aromatic rings. The second-order valence-corrected chi connectivity index (χ2v) is 5.71. The molecule has 0 aliphatic rings. The Hall–Kier alpha value is -3.28. The molecule has 0 aliphatic heterocycles. The van der Waals surface area contributed by atoms with Crippen LogP contribution in [-0.4, -0.2) is 23.0 Å². The lowest BCUT2D eigenvalue weighted by molar-refractivity contribution is -0.118. The van der Waals surface area contributed by atoms with E-state index in [-0.39, 0.29) is 18.9 Å². The number of fused-ring (bicyclic) bond motifs is 1. The van der Waals surface area contributed by atoms with Gasteiger partial charge in [0.2, 0.25) is 5.91 Å². The van der Waals surface area contributed by atoms with E-state index in [9.17, 15) is 9.59 Å². The number of amides is 2. The van der Waals surface area contributed by atoms with Crippen LogP contribution >= 0.6 is 0 Å². The van der Waals surface area contributed by atoms with Crippen molar-refractivity contribution in [1.29, 1.82) is 0 Å². The molecule has 1 aromatic heterocycles. The Bertz CT molecular complexity index is 913. The fourth-order valence-corrected chi connectivity index (χ4v) is 2.63. The summed E-state index contributed by atoms with van der Waals surface area (Å²) in [5.41, 5.74) is 7.36. The molecule has 2 amide bonds. The second-order valence-electron chi connectivity index (χ2n) is 5.71. The lowest BCUT2D eigenvalue weighted by atomic mass is 10.1. The van der Waals surface area contributed by atoms with Gasteiger partial charge in [0.05, 0.1) is 18.6 Å². The van der Waals surface area contributed by atoms with E-state index in [4.69, 9.17) is 10.5 Å². The van der Waals surface area contributed by atoms with Gasteiger partial charge >= 0.3 is 0 Å². The molecule has 1 heterocycles. The summed E-state index contributed by atoms with van der Waals surface area (Å²) in [6, 6.07) is 14.7. The lowest BCUT2D eigenvalue weighted by Gasteiger charge is -2.07. The Labute approximate surface area is 145 Å². The summed E-state index contributed by atoms with van der Waals surface area (Å²) in [6.07, 6.45) is 1.99. The molecule has 0 fully saturated rings. The number of nitrogens with zero attached hydrogens (tertiary/aromatic N) is 1. The number of primary amides is 1. The quantitative estimate of drug-likeness (QED) is 0.725. The maximum absolute atomic E-state index is 12.6. The van der Waals surface area contributed by atoms with Crippen molar-refractivity contribution in [3.8, 4) is 5.75 Å². The largest absolute Gasteiger partial charge is 0.493 e. The molecule has 6 nitrogen and oxygen atoms in total. The Kier molecular flexibility index (Phi) is 4.70. The van der Waals surface area contributed by atoms with Crippen molar-refractivity contribution in [1.82, 2.24) is 4.57 Å². The van der Waals surface area contributed by atoms with E-state index in [2.05, 4.69) is 5.32 Å². The molecule has 0 unspecified atom stereocenters. The molecule has 6 heteroatoms. The van der Waals surface area contributed by atoms with Gasteiger partial charge in [-0.3, -0.25) is 9.59 Å². The van der Waals surface area contributed by atoms with Crippen molar-refractivity contribution in [2.24, 2.45) is 12.8 Å². The fourth-order valence-electron chi connectivity index (χ4n) is 2.63. The molecule has 0 aliphatic carbocycles. The molecule has 2 aromatic carbocycles. The monoisotopic (exact) mass is 337 g/mol. The third-order valence-corrected chi connectivity index (χ3v) is 3.87. The zero-order valence-corrected chi connectivity index (χ0v) is 13.9. The summed E-state index contributed by atoms with van der Waals surface area (Å²) < 4.78 is 7.34. The van der Waals surface area contributed by atoms with E-state index in [1.807, 2.05) is 42.1 Å². The van der Waals surface area contributed by atoms with Crippen molar-refractivity contribution >= 4 is 28.4 Å². The summed E-state index contributed by atoms with van der Waals surface area (Å²) in [6.45, 7) is 0.233. The minimum absolute atomic E-state index is 0.166. The SMILES string of the molecule is Cn1cc(C(=O)Nc2ccc(OCCC(N)=O)cc2)c2ccccc21. The van der Waals surface area contributed by atoms with Crippen LogP contribution in [0.3, 0.4) is 0 Å². The van der Waals surface area contributed by atoms with Gasteiger partial charge in [0.1, 0.15) is 5.75 Å². The number of carbonyl (C=O) groups is 2. The molecule has 0 bridgehead atoms. The smallest absolute Gasteiger partial charge is 0.257 e. The van der Waals surface area contributed by atoms with Crippen LogP contribution < -0.4 is 15.8 Å². The van der Waals surface area contributed by atoms with Crippen molar-refractivity contribution < 1.29 is 14.3 Å². The first-order valence-electron chi connectivity index (χ1n) is 7.91. The zero-order valence-electron chi connectivity index (χ0n) is 13.9. The van der Waals surface area contributed by atoms with Crippen LogP contribution in [0.5, 0.6) is 5.75 Å². The normalized spacial score (nSPS) is 10.6. The van der Waals surface area contributed by atoms with E-state index in [0.717, 1.165) is 10.9 Å². The van der Waals surface area contributed by atoms with Crippen LogP contribution in [0.1, 0.15) is 16.8 Å². The van der Waals surface area contributed by atoms with Gasteiger partial charge in [-0.25, -0.2) is 0 Å². The number of carbonyl (C=O) groups excluding carboxylic acids is 2. The van der Waals surface area contributed by atoms with Crippen LogP contribution in [0.4, 0.5) is 5.69 Å². The van der Waals surface area contributed by atoms with Gasteiger partial charge in [0, 0.05) is 29.8 Å². The number of hydrogen-bond donors (Lipinski definition) is 2. The minimum atomic E-state index is -0.404. The van der Waals surface area contributed by atoms with Gasteiger partial charge < -0.3 is 20.4 Å². The van der Waals surface area contributed by atoms with E-state index in [1.54, 1.807) is 24.3 Å². The Balaban J connectivity index is 1.69. The van der Waals surface area contributed by atoms with Crippen molar-refractivity contribution in [3.05, 3.63) is 60.3 Å². The number of ether oxygens (including phenoxy) is 1. The number of nitrogens with two attached hydrogens (primary N) is 1. The first-order valence-corrected chi connectivity index (χ1v) is 7.91. The number of anilines is 1. The summed E-state index contributed by atoms with van der Waals surface area (Å²) in [7, 11) is 1.91. The number of para-hydroxylation sites is 1. The average molecular weight is 337 g/mol. The van der Waals surface area contributed by atoms with Gasteiger partial charge in [-0.2, -0.15) is 0 Å². The Morgan fingerprint density at radius 1 is 1.12 bits per heavy atom. The summed E-state index contributed by atoms with van der Waals surface area (Å²) >= 11 is 0. The standard InChI is InChI=1S/C19H19N3O3/c1-22-12-16(15-4-2-3-5-17(15)22)19(24)21-13-6-8-14(9-7-13)25-11-10-18(20)23/h2-9,12H,10-11H2,1H3,(H2,20,23)(H,21,24). The molecule has 128 valence electrons. The number of nitrogens with one attached hydrogen (secondary N) is 1. The minimum Gasteiger partial charge on any atom is -0.493 e. The third kappa shape index (κ3) is 3.80. The van der Waals surface area contributed by atoms with E-state index >= 15 is 0 Å². The fraction of sp³-hybridized carbons (Fsp3) is 0.158. The van der Waals surface area contributed by atoms with E-state index in [1.165, 1.54) is 0 Å². The van der Waals surface area contributed by atoms with Crippen molar-refractivity contribution in [3.63, 3.8) is 0 Å². The predicted molar refractivity (Wildman–Crippen MR) is 96.6 cm³/mol. The number of aryl methyl sites for hydroxylation is 1. The predicted octanol–water partition coefficient (Wildman–Crippen LogP) is 2.68. The molecule has 0 saturated heterocycles. The molecule has 0 saturated carbocycles. The van der Waals surface area contributed by atoms with E-state index in [0.29, 0.717) is 17.0 Å². The Morgan fingerprint density at radius 2 is 1.84 bits per heavy atom. The number of benzene rings is 2. The van der Waals surface area contributed by atoms with Crippen molar-refractivity contribution in [2.45, 2.75) is 6.42 Å². The molecule has 3 rings (SSSR count). The highest BCUT2D eigenvalue weighted by Crippen LogP contribution is 2.22. The number of rotatable bonds is 6. The maximum atomic E-state index is 12.6. The van der Waals surface area contributed by atoms with Crippen LogP contribution in [0.15, 0.2) is 54.7 Å². The van der Waals surface area contributed by atoms with Crippen LogP contribution in [0.25, 0.3) is 10.9 Å². The average Bonchev–Trinajstić information content (AvgIpc) is 2.94. The molecular formula is C19H19N3O3.